The molecule has 25 heavy (non-hydrogen) atoms. The molecule has 0 spiro atoms. The molecule has 0 fully saturated rings. The highest BCUT2D eigenvalue weighted by Crippen LogP contribution is 2.17. The Labute approximate surface area is 146 Å². The fraction of sp³-hybridized carbons (Fsp3) is 0.250. The Hall–Kier alpha value is -2.95. The number of aromatic nitrogens is 5. The van der Waals surface area contributed by atoms with Gasteiger partial charge in [-0.25, -0.2) is 15.0 Å². The number of rotatable bonds is 5. The third-order valence-corrected chi connectivity index (χ3v) is 4.33. The van der Waals surface area contributed by atoms with Crippen LogP contribution in [0, 0.1) is 13.8 Å². The highest BCUT2D eigenvalue weighted by Gasteiger charge is 2.08. The number of nitrogens with one attached hydrogen (secondary N) is 1. The number of H-pyrrole nitrogens is 1. The van der Waals surface area contributed by atoms with Crippen molar-refractivity contribution in [2.75, 3.05) is 0 Å². The van der Waals surface area contributed by atoms with Crippen molar-refractivity contribution in [3.8, 4) is 11.5 Å². The van der Waals surface area contributed by atoms with Crippen molar-refractivity contribution in [3.63, 3.8) is 0 Å². The Morgan fingerprint density at radius 3 is 2.88 bits per heavy atom. The Bertz CT molecular complexity index is 1010. The van der Waals surface area contributed by atoms with Crippen LogP contribution in [-0.4, -0.2) is 24.5 Å². The van der Waals surface area contributed by atoms with Gasteiger partial charge in [0.1, 0.15) is 11.5 Å². The molecule has 0 amide bonds. The molecule has 0 saturated heterocycles. The van der Waals surface area contributed by atoms with Gasteiger partial charge < -0.3 is 9.55 Å². The zero-order valence-electron chi connectivity index (χ0n) is 14.5. The highest BCUT2D eigenvalue weighted by molar-refractivity contribution is 5.75. The van der Waals surface area contributed by atoms with Crippen LogP contribution in [0.3, 0.4) is 0 Å². The van der Waals surface area contributed by atoms with Crippen LogP contribution in [0.4, 0.5) is 0 Å². The van der Waals surface area contributed by atoms with Gasteiger partial charge in [0.2, 0.25) is 0 Å². The van der Waals surface area contributed by atoms with Gasteiger partial charge in [0, 0.05) is 31.1 Å². The topological polar surface area (TPSA) is 59.4 Å². The van der Waals surface area contributed by atoms with Gasteiger partial charge >= 0.3 is 0 Å². The monoisotopic (exact) mass is 331 g/mol. The summed E-state index contributed by atoms with van der Waals surface area (Å²) in [4.78, 5) is 17.1. The van der Waals surface area contributed by atoms with E-state index in [1.54, 1.807) is 0 Å². The molecule has 4 rings (SSSR count). The number of aryl methyl sites for hydroxylation is 4. The van der Waals surface area contributed by atoms with Gasteiger partial charge in [-0.3, -0.25) is 0 Å². The number of nitrogens with zero attached hydrogens (tertiary/aromatic N) is 4. The smallest absolute Gasteiger partial charge is 0.158 e. The van der Waals surface area contributed by atoms with Crippen LogP contribution in [0.2, 0.25) is 0 Å². The van der Waals surface area contributed by atoms with Gasteiger partial charge in [-0.15, -0.1) is 0 Å². The van der Waals surface area contributed by atoms with E-state index in [1.807, 2.05) is 37.5 Å². The second kappa shape index (κ2) is 6.51. The van der Waals surface area contributed by atoms with E-state index in [4.69, 9.17) is 0 Å². The zero-order valence-corrected chi connectivity index (χ0v) is 14.5. The lowest BCUT2D eigenvalue weighted by molar-refractivity contribution is 0.636. The third-order valence-electron chi connectivity index (χ3n) is 4.33. The molecule has 0 aliphatic rings. The lowest BCUT2D eigenvalue weighted by Gasteiger charge is -2.07. The van der Waals surface area contributed by atoms with Gasteiger partial charge in [0.05, 0.1) is 11.0 Å². The molecule has 3 aromatic heterocycles. The molecule has 5 nitrogen and oxygen atoms in total. The molecular formula is C20H21N5. The minimum atomic E-state index is 0.890. The average Bonchev–Trinajstić information content (AvgIpc) is 3.21. The fourth-order valence-electron chi connectivity index (χ4n) is 3.10. The van der Waals surface area contributed by atoms with E-state index in [1.165, 1.54) is 5.56 Å². The largest absolute Gasteiger partial charge is 0.342 e. The predicted molar refractivity (Wildman–Crippen MR) is 99.3 cm³/mol. The summed E-state index contributed by atoms with van der Waals surface area (Å²) >= 11 is 0. The summed E-state index contributed by atoms with van der Waals surface area (Å²) in [6, 6.07) is 12.3. The molecule has 0 saturated carbocycles. The fourth-order valence-corrected chi connectivity index (χ4v) is 3.10. The van der Waals surface area contributed by atoms with Crippen LogP contribution in [0.1, 0.15) is 23.5 Å². The van der Waals surface area contributed by atoms with Crippen LogP contribution >= 0.6 is 0 Å². The Morgan fingerprint density at radius 2 is 2.00 bits per heavy atom. The summed E-state index contributed by atoms with van der Waals surface area (Å²) in [7, 11) is 0. The van der Waals surface area contributed by atoms with Gasteiger partial charge in [-0.2, -0.15) is 0 Å². The van der Waals surface area contributed by atoms with Gasteiger partial charge in [0.15, 0.2) is 5.82 Å². The van der Waals surface area contributed by atoms with Gasteiger partial charge in [0.25, 0.3) is 0 Å². The first-order chi connectivity index (χ1) is 12.2. The second-order valence-electron chi connectivity index (χ2n) is 6.42. The number of hydrogen-bond donors (Lipinski definition) is 1. The quantitative estimate of drug-likeness (QED) is 0.599. The molecule has 0 atom stereocenters. The molecule has 0 bridgehead atoms. The Morgan fingerprint density at radius 1 is 1.08 bits per heavy atom. The molecule has 0 aliphatic carbocycles. The lowest BCUT2D eigenvalue weighted by atomic mass is 10.2. The maximum Gasteiger partial charge on any atom is 0.158 e. The van der Waals surface area contributed by atoms with E-state index in [-0.39, 0.29) is 0 Å². The summed E-state index contributed by atoms with van der Waals surface area (Å²) in [5.41, 5.74) is 5.32. The number of benzene rings is 1. The van der Waals surface area contributed by atoms with Crippen molar-refractivity contribution >= 4 is 11.0 Å². The lowest BCUT2D eigenvalue weighted by Crippen LogP contribution is -2.03. The van der Waals surface area contributed by atoms with Crippen LogP contribution in [0.15, 0.2) is 48.8 Å². The molecule has 126 valence electrons. The average molecular weight is 331 g/mol. The summed E-state index contributed by atoms with van der Waals surface area (Å²) < 4.78 is 2.16. The molecular weight excluding hydrogens is 310 g/mol. The molecule has 5 heteroatoms. The van der Waals surface area contributed by atoms with Crippen LogP contribution in [-0.2, 0) is 13.0 Å². The van der Waals surface area contributed by atoms with Crippen molar-refractivity contribution in [1.82, 2.24) is 24.5 Å². The number of fused-ring (bicyclic) bond motifs is 1. The second-order valence-corrected chi connectivity index (χ2v) is 6.42. The normalized spacial score (nSPS) is 11.3. The molecule has 0 unspecified atom stereocenters. The SMILES string of the molecule is Cc1ccc2nc(CCCn3ccnc3-c3cccc(C)n3)[nH]c2c1. The van der Waals surface area contributed by atoms with Crippen LogP contribution in [0.25, 0.3) is 22.6 Å². The molecule has 0 aliphatic heterocycles. The highest BCUT2D eigenvalue weighted by atomic mass is 15.1. The van der Waals surface area contributed by atoms with E-state index in [9.17, 15) is 0 Å². The van der Waals surface area contributed by atoms with E-state index in [0.29, 0.717) is 0 Å². The number of aromatic amines is 1. The first kappa shape index (κ1) is 15.6. The molecule has 3 heterocycles. The van der Waals surface area contributed by atoms with E-state index >= 15 is 0 Å². The number of hydrogen-bond acceptors (Lipinski definition) is 3. The van der Waals surface area contributed by atoms with E-state index in [2.05, 4.69) is 49.6 Å². The standard InChI is InChI=1S/C20H21N5/c1-14-8-9-16-18(13-14)24-19(23-16)7-4-11-25-12-10-21-20(25)17-6-3-5-15(2)22-17/h3,5-6,8-10,12-13H,4,7,11H2,1-2H3,(H,23,24). The predicted octanol–water partition coefficient (Wildman–Crippen LogP) is 4.07. The molecule has 1 aromatic carbocycles. The van der Waals surface area contributed by atoms with Crippen molar-refractivity contribution in [2.24, 2.45) is 0 Å². The minimum absolute atomic E-state index is 0.890. The van der Waals surface area contributed by atoms with Gasteiger partial charge in [-0.1, -0.05) is 12.1 Å². The molecule has 0 radical (unpaired) electrons. The first-order valence-corrected chi connectivity index (χ1v) is 8.59. The van der Waals surface area contributed by atoms with Crippen molar-refractivity contribution in [1.29, 1.82) is 0 Å². The van der Waals surface area contributed by atoms with Crippen molar-refractivity contribution in [2.45, 2.75) is 33.2 Å². The first-order valence-electron chi connectivity index (χ1n) is 8.59. The minimum Gasteiger partial charge on any atom is -0.342 e. The van der Waals surface area contributed by atoms with E-state index < -0.39 is 0 Å². The Balaban J connectivity index is 1.46. The molecule has 1 N–H and O–H groups in total. The Kier molecular flexibility index (Phi) is 4.06. The number of imidazole rings is 2. The number of pyridine rings is 1. The summed E-state index contributed by atoms with van der Waals surface area (Å²) in [5.74, 6) is 1.96. The summed E-state index contributed by atoms with van der Waals surface area (Å²) in [5, 5.41) is 0. The summed E-state index contributed by atoms with van der Waals surface area (Å²) in [6.07, 6.45) is 5.76. The zero-order chi connectivity index (χ0) is 17.2. The van der Waals surface area contributed by atoms with Crippen molar-refractivity contribution < 1.29 is 0 Å². The van der Waals surface area contributed by atoms with Gasteiger partial charge in [-0.05, 0) is 50.1 Å². The van der Waals surface area contributed by atoms with E-state index in [0.717, 1.165) is 53.5 Å². The third kappa shape index (κ3) is 3.31. The maximum atomic E-state index is 4.67. The summed E-state index contributed by atoms with van der Waals surface area (Å²) in [6.45, 7) is 4.99. The van der Waals surface area contributed by atoms with Crippen LogP contribution in [0.5, 0.6) is 0 Å². The van der Waals surface area contributed by atoms with Crippen molar-refractivity contribution in [3.05, 3.63) is 65.9 Å². The molecule has 4 aromatic rings. The maximum absolute atomic E-state index is 4.67. The van der Waals surface area contributed by atoms with Crippen LogP contribution < -0.4 is 0 Å².